The van der Waals surface area contributed by atoms with Crippen LogP contribution < -0.4 is 0 Å². The lowest BCUT2D eigenvalue weighted by molar-refractivity contribution is 0.408. The zero-order valence-electron chi connectivity index (χ0n) is 13.0. The minimum atomic E-state index is 0.810. The zero-order chi connectivity index (χ0) is 14.2. The van der Waals surface area contributed by atoms with Crippen LogP contribution in [0.25, 0.3) is 0 Å². The van der Waals surface area contributed by atoms with E-state index in [1.54, 1.807) is 0 Å². The molecular weight excluding hydrogens is 244 g/mol. The monoisotopic (exact) mass is 272 g/mol. The van der Waals surface area contributed by atoms with Crippen molar-refractivity contribution in [2.75, 3.05) is 13.1 Å². The molecule has 0 saturated heterocycles. The Bertz CT molecular complexity index is 411. The molecule has 2 rings (SSSR count). The zero-order valence-corrected chi connectivity index (χ0v) is 13.0. The molecule has 1 aliphatic heterocycles. The van der Waals surface area contributed by atoms with Gasteiger partial charge in [0, 0.05) is 19.5 Å². The number of hydrogen-bond acceptors (Lipinski definition) is 2. The van der Waals surface area contributed by atoms with Crippen LogP contribution in [0.15, 0.2) is 35.3 Å². The molecule has 0 radical (unpaired) electrons. The molecule has 1 unspecified atom stereocenters. The van der Waals surface area contributed by atoms with Crippen molar-refractivity contribution in [3.63, 3.8) is 0 Å². The molecule has 1 aromatic carbocycles. The normalized spacial score (nSPS) is 16.3. The maximum absolute atomic E-state index is 4.75. The van der Waals surface area contributed by atoms with Crippen molar-refractivity contribution >= 4 is 5.84 Å². The first-order valence-corrected chi connectivity index (χ1v) is 8.15. The number of rotatable bonds is 8. The number of benzene rings is 1. The van der Waals surface area contributed by atoms with Crippen molar-refractivity contribution < 1.29 is 0 Å². The van der Waals surface area contributed by atoms with Gasteiger partial charge in [0.05, 0.1) is 12.4 Å². The van der Waals surface area contributed by atoms with Gasteiger partial charge < -0.3 is 4.90 Å². The SMILES string of the molecule is CCCCC(CC)CC1=NCCN1Cc1ccccc1. The molecule has 0 saturated carbocycles. The van der Waals surface area contributed by atoms with Gasteiger partial charge in [-0.05, 0) is 11.5 Å². The van der Waals surface area contributed by atoms with E-state index in [0.29, 0.717) is 0 Å². The molecule has 0 aromatic heterocycles. The molecule has 1 aliphatic rings. The Kier molecular flexibility index (Phi) is 6.10. The van der Waals surface area contributed by atoms with Gasteiger partial charge in [-0.3, -0.25) is 4.99 Å². The highest BCUT2D eigenvalue weighted by atomic mass is 15.2. The molecule has 0 N–H and O–H groups in total. The molecule has 2 nitrogen and oxygen atoms in total. The lowest BCUT2D eigenvalue weighted by Gasteiger charge is -2.23. The van der Waals surface area contributed by atoms with Crippen LogP contribution in [0.3, 0.4) is 0 Å². The van der Waals surface area contributed by atoms with Crippen LogP contribution in [0.5, 0.6) is 0 Å². The van der Waals surface area contributed by atoms with Crippen molar-refractivity contribution in [3.8, 4) is 0 Å². The summed E-state index contributed by atoms with van der Waals surface area (Å²) in [5, 5.41) is 0. The standard InChI is InChI=1S/C18H28N2/c1-3-5-9-16(4-2)14-18-19-12-13-20(18)15-17-10-7-6-8-11-17/h6-8,10-11,16H,3-5,9,12-15H2,1-2H3. The Balaban J connectivity index is 1.90. The minimum Gasteiger partial charge on any atom is -0.354 e. The Labute approximate surface area is 123 Å². The molecule has 2 heteroatoms. The Morgan fingerprint density at radius 3 is 2.70 bits per heavy atom. The summed E-state index contributed by atoms with van der Waals surface area (Å²) in [6.45, 7) is 7.68. The summed E-state index contributed by atoms with van der Waals surface area (Å²) in [5.74, 6) is 2.15. The molecule has 20 heavy (non-hydrogen) atoms. The predicted molar refractivity (Wildman–Crippen MR) is 87.1 cm³/mol. The summed E-state index contributed by atoms with van der Waals surface area (Å²) >= 11 is 0. The van der Waals surface area contributed by atoms with Crippen LogP contribution >= 0.6 is 0 Å². The number of aliphatic imine (C=N–C) groups is 1. The summed E-state index contributed by atoms with van der Waals surface area (Å²) in [7, 11) is 0. The molecule has 110 valence electrons. The summed E-state index contributed by atoms with van der Waals surface area (Å²) in [4.78, 5) is 7.23. The Morgan fingerprint density at radius 2 is 2.00 bits per heavy atom. The van der Waals surface area contributed by atoms with E-state index < -0.39 is 0 Å². The van der Waals surface area contributed by atoms with E-state index in [9.17, 15) is 0 Å². The van der Waals surface area contributed by atoms with E-state index in [-0.39, 0.29) is 0 Å². The maximum Gasteiger partial charge on any atom is 0.0996 e. The average molecular weight is 272 g/mol. The van der Waals surface area contributed by atoms with Gasteiger partial charge in [-0.1, -0.05) is 69.9 Å². The second-order valence-corrected chi connectivity index (χ2v) is 5.83. The van der Waals surface area contributed by atoms with Crippen molar-refractivity contribution in [1.82, 2.24) is 4.90 Å². The highest BCUT2D eigenvalue weighted by Gasteiger charge is 2.20. The van der Waals surface area contributed by atoms with Gasteiger partial charge in [0.15, 0.2) is 0 Å². The van der Waals surface area contributed by atoms with E-state index in [0.717, 1.165) is 25.6 Å². The highest BCUT2D eigenvalue weighted by molar-refractivity contribution is 5.84. The van der Waals surface area contributed by atoms with Gasteiger partial charge in [-0.15, -0.1) is 0 Å². The minimum absolute atomic E-state index is 0.810. The largest absolute Gasteiger partial charge is 0.354 e. The van der Waals surface area contributed by atoms with Crippen LogP contribution in [0.4, 0.5) is 0 Å². The maximum atomic E-state index is 4.75. The third-order valence-electron chi connectivity index (χ3n) is 4.26. The molecule has 0 bridgehead atoms. The number of hydrogen-bond donors (Lipinski definition) is 0. The molecule has 0 spiro atoms. The Hall–Kier alpha value is -1.31. The third-order valence-corrected chi connectivity index (χ3v) is 4.26. The lowest BCUT2D eigenvalue weighted by Crippen LogP contribution is -2.28. The van der Waals surface area contributed by atoms with Crippen molar-refractivity contribution in [2.45, 2.75) is 52.5 Å². The fraction of sp³-hybridized carbons (Fsp3) is 0.611. The fourth-order valence-electron chi connectivity index (χ4n) is 2.90. The summed E-state index contributed by atoms with van der Waals surface area (Å²) in [6.07, 6.45) is 6.45. The molecule has 0 fully saturated rings. The molecule has 0 aliphatic carbocycles. The van der Waals surface area contributed by atoms with Gasteiger partial charge in [0.25, 0.3) is 0 Å². The summed E-state index contributed by atoms with van der Waals surface area (Å²) in [6, 6.07) is 10.8. The molecule has 1 atom stereocenters. The van der Waals surface area contributed by atoms with Gasteiger partial charge in [-0.2, -0.15) is 0 Å². The third kappa shape index (κ3) is 4.36. The first-order valence-electron chi connectivity index (χ1n) is 8.15. The molecule has 1 aromatic rings. The van der Waals surface area contributed by atoms with E-state index in [1.165, 1.54) is 43.5 Å². The fourth-order valence-corrected chi connectivity index (χ4v) is 2.90. The topological polar surface area (TPSA) is 15.6 Å². The van der Waals surface area contributed by atoms with E-state index in [4.69, 9.17) is 4.99 Å². The van der Waals surface area contributed by atoms with E-state index >= 15 is 0 Å². The van der Waals surface area contributed by atoms with Crippen LogP contribution in [-0.4, -0.2) is 23.8 Å². The van der Waals surface area contributed by atoms with E-state index in [1.807, 2.05) is 0 Å². The number of nitrogens with zero attached hydrogens (tertiary/aromatic N) is 2. The molecule has 1 heterocycles. The van der Waals surface area contributed by atoms with Crippen molar-refractivity contribution in [1.29, 1.82) is 0 Å². The molecule has 0 amide bonds. The van der Waals surface area contributed by atoms with Gasteiger partial charge in [-0.25, -0.2) is 0 Å². The van der Waals surface area contributed by atoms with Crippen LogP contribution in [-0.2, 0) is 6.54 Å². The van der Waals surface area contributed by atoms with Gasteiger partial charge >= 0.3 is 0 Å². The van der Waals surface area contributed by atoms with Crippen LogP contribution in [0, 0.1) is 5.92 Å². The highest BCUT2D eigenvalue weighted by Crippen LogP contribution is 2.21. The predicted octanol–water partition coefficient (Wildman–Crippen LogP) is 4.51. The van der Waals surface area contributed by atoms with Gasteiger partial charge in [0.1, 0.15) is 0 Å². The average Bonchev–Trinajstić information content (AvgIpc) is 2.91. The van der Waals surface area contributed by atoms with Gasteiger partial charge in [0.2, 0.25) is 0 Å². The quantitative estimate of drug-likeness (QED) is 0.680. The van der Waals surface area contributed by atoms with E-state index in [2.05, 4.69) is 49.1 Å². The molecular formula is C18H28N2. The number of unbranched alkanes of at least 4 members (excludes halogenated alkanes) is 1. The Morgan fingerprint density at radius 1 is 1.20 bits per heavy atom. The lowest BCUT2D eigenvalue weighted by atomic mass is 9.95. The first kappa shape index (κ1) is 15.1. The van der Waals surface area contributed by atoms with Crippen LogP contribution in [0.1, 0.15) is 51.5 Å². The van der Waals surface area contributed by atoms with Crippen LogP contribution in [0.2, 0.25) is 0 Å². The van der Waals surface area contributed by atoms with Crippen molar-refractivity contribution in [2.24, 2.45) is 10.9 Å². The summed E-state index contributed by atoms with van der Waals surface area (Å²) < 4.78 is 0. The number of amidine groups is 1. The summed E-state index contributed by atoms with van der Waals surface area (Å²) in [5.41, 5.74) is 1.39. The second kappa shape index (κ2) is 8.08. The second-order valence-electron chi connectivity index (χ2n) is 5.83. The smallest absolute Gasteiger partial charge is 0.0996 e. The first-order chi connectivity index (χ1) is 9.83. The van der Waals surface area contributed by atoms with Crippen molar-refractivity contribution in [3.05, 3.63) is 35.9 Å².